The summed E-state index contributed by atoms with van der Waals surface area (Å²) in [6, 6.07) is 0. The van der Waals surface area contributed by atoms with Gasteiger partial charge in [-0.05, 0) is 19.8 Å². The number of aliphatic hydroxyl groups is 3. The molecule has 0 aliphatic carbocycles. The van der Waals surface area contributed by atoms with Gasteiger partial charge in [0.2, 0.25) is 0 Å². The van der Waals surface area contributed by atoms with Gasteiger partial charge in [0.25, 0.3) is 0 Å². The fraction of sp³-hybridized carbons (Fsp3) is 0.900. The molecule has 0 fully saturated rings. The first-order chi connectivity index (χ1) is 7.16. The van der Waals surface area contributed by atoms with E-state index >= 15 is 0 Å². The van der Waals surface area contributed by atoms with Crippen LogP contribution < -0.4 is 0 Å². The van der Waals surface area contributed by atoms with E-state index in [2.05, 4.69) is 6.92 Å². The average Bonchev–Trinajstić information content (AvgIpc) is 2.21. The molecule has 0 amide bonds. The van der Waals surface area contributed by atoms with Gasteiger partial charge in [0.05, 0.1) is 25.9 Å². The molecule has 3 N–H and O–H groups in total. The quantitative estimate of drug-likeness (QED) is 0.427. The highest BCUT2D eigenvalue weighted by atomic mass is 16.5. The number of unbranched alkanes of at least 4 members (excludes halogenated alkanes) is 1. The van der Waals surface area contributed by atoms with Crippen LogP contribution in [-0.2, 0) is 9.47 Å². The van der Waals surface area contributed by atoms with E-state index in [1.807, 2.05) is 0 Å². The Kier molecular flexibility index (Phi) is 10.2. The molecule has 5 heteroatoms. The molecule has 0 aliphatic rings. The fourth-order valence-electron chi connectivity index (χ4n) is 0.900. The van der Waals surface area contributed by atoms with Crippen molar-refractivity contribution in [2.45, 2.75) is 25.0 Å². The summed E-state index contributed by atoms with van der Waals surface area (Å²) in [5.41, 5.74) is 0. The van der Waals surface area contributed by atoms with Crippen LogP contribution in [0.4, 0.5) is 0 Å². The van der Waals surface area contributed by atoms with Crippen molar-refractivity contribution in [3.05, 3.63) is 6.92 Å². The molecule has 2 atom stereocenters. The standard InChI is InChI=1S/C10H21O5/c1-9(12)7-14-4-2-3-5-15-8-10(13)6-11/h9-13H,1-8H2. The predicted octanol–water partition coefficient (Wildman–Crippen LogP) is -0.652. The van der Waals surface area contributed by atoms with E-state index in [-0.39, 0.29) is 19.8 Å². The largest absolute Gasteiger partial charge is 0.394 e. The highest BCUT2D eigenvalue weighted by Gasteiger charge is 2.00. The predicted molar refractivity (Wildman–Crippen MR) is 55.3 cm³/mol. The Morgan fingerprint density at radius 1 is 1.00 bits per heavy atom. The topological polar surface area (TPSA) is 79.2 Å². The summed E-state index contributed by atoms with van der Waals surface area (Å²) in [5.74, 6) is 0. The molecule has 2 unspecified atom stereocenters. The fourth-order valence-corrected chi connectivity index (χ4v) is 0.900. The molecule has 0 aliphatic heterocycles. The van der Waals surface area contributed by atoms with Gasteiger partial charge in [-0.25, -0.2) is 0 Å². The summed E-state index contributed by atoms with van der Waals surface area (Å²) >= 11 is 0. The molecule has 91 valence electrons. The van der Waals surface area contributed by atoms with Gasteiger partial charge in [-0.3, -0.25) is 0 Å². The summed E-state index contributed by atoms with van der Waals surface area (Å²) in [6.07, 6.45) is 0.205. The number of ether oxygens (including phenoxy) is 2. The minimum Gasteiger partial charge on any atom is -0.394 e. The van der Waals surface area contributed by atoms with Crippen molar-refractivity contribution in [1.82, 2.24) is 0 Å². The molecule has 0 spiro atoms. The highest BCUT2D eigenvalue weighted by Crippen LogP contribution is 1.93. The normalized spacial score (nSPS) is 15.2. The molecule has 15 heavy (non-hydrogen) atoms. The second-order valence-electron chi connectivity index (χ2n) is 3.35. The lowest BCUT2D eigenvalue weighted by atomic mass is 10.3. The lowest BCUT2D eigenvalue weighted by molar-refractivity contribution is 0.00252. The SMILES string of the molecule is [CH2]C(O)COCCCCOCC(O)CO. The van der Waals surface area contributed by atoms with Crippen LogP contribution in [0.2, 0.25) is 0 Å². The van der Waals surface area contributed by atoms with Gasteiger partial charge >= 0.3 is 0 Å². The second-order valence-corrected chi connectivity index (χ2v) is 3.35. The van der Waals surface area contributed by atoms with E-state index < -0.39 is 12.2 Å². The molecule has 0 aromatic rings. The monoisotopic (exact) mass is 221 g/mol. The smallest absolute Gasteiger partial charge is 0.100 e. The first-order valence-corrected chi connectivity index (χ1v) is 5.12. The van der Waals surface area contributed by atoms with Crippen molar-refractivity contribution in [2.24, 2.45) is 0 Å². The molecular weight excluding hydrogens is 200 g/mol. The maximum absolute atomic E-state index is 8.93. The zero-order chi connectivity index (χ0) is 11.5. The number of aliphatic hydroxyl groups excluding tert-OH is 3. The Morgan fingerprint density at radius 2 is 1.53 bits per heavy atom. The maximum Gasteiger partial charge on any atom is 0.100 e. The van der Waals surface area contributed by atoms with Crippen LogP contribution in [0.5, 0.6) is 0 Å². The summed E-state index contributed by atoms with van der Waals surface area (Å²) in [4.78, 5) is 0. The first-order valence-electron chi connectivity index (χ1n) is 5.12. The van der Waals surface area contributed by atoms with Gasteiger partial charge in [-0.2, -0.15) is 0 Å². The van der Waals surface area contributed by atoms with Gasteiger partial charge in [-0.15, -0.1) is 0 Å². The zero-order valence-electron chi connectivity index (χ0n) is 8.97. The van der Waals surface area contributed by atoms with Gasteiger partial charge in [-0.1, -0.05) is 0 Å². The van der Waals surface area contributed by atoms with E-state index in [1.54, 1.807) is 0 Å². The number of hydrogen-bond acceptors (Lipinski definition) is 5. The molecule has 1 radical (unpaired) electrons. The summed E-state index contributed by atoms with van der Waals surface area (Å²) in [5, 5.41) is 26.2. The highest BCUT2D eigenvalue weighted by molar-refractivity contribution is 4.53. The molecule has 5 nitrogen and oxygen atoms in total. The van der Waals surface area contributed by atoms with Crippen LogP contribution in [-0.4, -0.2) is 60.6 Å². The Bertz CT molecular complexity index is 129. The zero-order valence-corrected chi connectivity index (χ0v) is 8.97. The van der Waals surface area contributed by atoms with Crippen LogP contribution in [0.1, 0.15) is 12.8 Å². The minimum absolute atomic E-state index is 0.162. The lowest BCUT2D eigenvalue weighted by Gasteiger charge is -2.08. The van der Waals surface area contributed by atoms with Gasteiger partial charge in [0, 0.05) is 13.2 Å². The summed E-state index contributed by atoms with van der Waals surface area (Å²) in [7, 11) is 0. The lowest BCUT2D eigenvalue weighted by Crippen LogP contribution is -2.19. The van der Waals surface area contributed by atoms with Crippen LogP contribution in [0, 0.1) is 6.92 Å². The van der Waals surface area contributed by atoms with Crippen molar-refractivity contribution in [1.29, 1.82) is 0 Å². The first kappa shape index (κ1) is 14.8. The van der Waals surface area contributed by atoms with Crippen LogP contribution in [0.3, 0.4) is 0 Å². The minimum atomic E-state index is -0.789. The van der Waals surface area contributed by atoms with E-state index in [0.717, 1.165) is 12.8 Å². The van der Waals surface area contributed by atoms with Crippen LogP contribution >= 0.6 is 0 Å². The van der Waals surface area contributed by atoms with E-state index in [1.165, 1.54) is 0 Å². The Balaban J connectivity index is 2.99. The second kappa shape index (κ2) is 10.3. The Morgan fingerprint density at radius 3 is 2.00 bits per heavy atom. The van der Waals surface area contributed by atoms with Crippen molar-refractivity contribution in [2.75, 3.05) is 33.0 Å². The van der Waals surface area contributed by atoms with Crippen molar-refractivity contribution in [3.63, 3.8) is 0 Å². The summed E-state index contributed by atoms with van der Waals surface area (Å²) in [6.45, 7) is 4.61. The molecular formula is C10H21O5. The van der Waals surface area contributed by atoms with Gasteiger partial charge < -0.3 is 24.8 Å². The number of hydrogen-bond donors (Lipinski definition) is 3. The molecule has 0 aromatic heterocycles. The van der Waals surface area contributed by atoms with Crippen molar-refractivity contribution >= 4 is 0 Å². The van der Waals surface area contributed by atoms with E-state index in [4.69, 9.17) is 24.8 Å². The molecule has 0 rings (SSSR count). The Hall–Kier alpha value is -0.200. The van der Waals surface area contributed by atoms with Crippen LogP contribution in [0.25, 0.3) is 0 Å². The molecule has 0 heterocycles. The third kappa shape index (κ3) is 11.7. The maximum atomic E-state index is 8.93. The third-order valence-corrected chi connectivity index (χ3v) is 1.66. The molecule has 0 aromatic carbocycles. The average molecular weight is 221 g/mol. The van der Waals surface area contributed by atoms with Crippen molar-refractivity contribution < 1.29 is 24.8 Å². The summed E-state index contributed by atoms with van der Waals surface area (Å²) < 4.78 is 10.2. The van der Waals surface area contributed by atoms with E-state index in [9.17, 15) is 0 Å². The molecule has 0 saturated heterocycles. The molecule has 0 saturated carbocycles. The van der Waals surface area contributed by atoms with Gasteiger partial charge in [0.15, 0.2) is 0 Å². The van der Waals surface area contributed by atoms with Crippen LogP contribution in [0.15, 0.2) is 0 Å². The van der Waals surface area contributed by atoms with Crippen molar-refractivity contribution in [3.8, 4) is 0 Å². The van der Waals surface area contributed by atoms with E-state index in [0.29, 0.717) is 13.2 Å². The third-order valence-electron chi connectivity index (χ3n) is 1.66. The number of rotatable bonds is 10. The van der Waals surface area contributed by atoms with Gasteiger partial charge in [0.1, 0.15) is 6.10 Å². The molecule has 0 bridgehead atoms. The Labute approximate surface area is 90.6 Å².